The number of anilines is 1. The van der Waals surface area contributed by atoms with E-state index in [2.05, 4.69) is 15.1 Å². The van der Waals surface area contributed by atoms with Crippen LogP contribution in [0.25, 0.3) is 0 Å². The number of nitrogens with one attached hydrogen (secondary N) is 2. The van der Waals surface area contributed by atoms with Crippen molar-refractivity contribution in [3.63, 3.8) is 0 Å². The maximum Gasteiger partial charge on any atom is 0.271 e. The fourth-order valence-electron chi connectivity index (χ4n) is 2.24. The third kappa shape index (κ3) is 5.10. The van der Waals surface area contributed by atoms with Crippen molar-refractivity contribution in [3.8, 4) is 0 Å². The second-order valence-electron chi connectivity index (χ2n) is 6.80. The van der Waals surface area contributed by atoms with Gasteiger partial charge in [0.1, 0.15) is 5.71 Å². The normalized spacial score (nSPS) is 15.8. The summed E-state index contributed by atoms with van der Waals surface area (Å²) in [5, 5.41) is 7.69. The van der Waals surface area contributed by atoms with Gasteiger partial charge in [-0.2, -0.15) is 5.10 Å². The minimum atomic E-state index is -3.70. The van der Waals surface area contributed by atoms with E-state index >= 15 is 0 Å². The molecule has 1 heterocycles. The fourth-order valence-corrected chi connectivity index (χ4v) is 3.70. The van der Waals surface area contributed by atoms with Crippen LogP contribution in [-0.4, -0.2) is 43.5 Å². The molecule has 0 unspecified atom stereocenters. The molecule has 2 N–H and O–H groups in total. The third-order valence-corrected chi connectivity index (χ3v) is 5.07. The van der Waals surface area contributed by atoms with Crippen LogP contribution < -0.4 is 10.0 Å². The molecular formula is C16H22N4O4S. The third-order valence-electron chi connectivity index (χ3n) is 3.31. The number of amides is 2. The Hall–Kier alpha value is -2.26. The smallest absolute Gasteiger partial charge is 0.271 e. The molecule has 0 saturated carbocycles. The molecule has 0 atom stereocenters. The van der Waals surface area contributed by atoms with Crippen molar-refractivity contribution in [1.29, 1.82) is 0 Å². The SMILES string of the molecule is CN1N=C(C(=O)Nc2cccc(S(=O)(=O)NC(C)(C)C)c2)CCC1=O. The van der Waals surface area contributed by atoms with Crippen molar-refractivity contribution in [1.82, 2.24) is 9.73 Å². The Kier molecular flexibility index (Phi) is 5.28. The van der Waals surface area contributed by atoms with Gasteiger partial charge in [-0.3, -0.25) is 9.59 Å². The van der Waals surface area contributed by atoms with Crippen LogP contribution in [0.3, 0.4) is 0 Å². The number of sulfonamides is 1. The van der Waals surface area contributed by atoms with E-state index in [1.54, 1.807) is 32.9 Å². The average Bonchev–Trinajstić information content (AvgIpc) is 2.48. The zero-order valence-electron chi connectivity index (χ0n) is 14.7. The highest BCUT2D eigenvalue weighted by Crippen LogP contribution is 2.18. The van der Waals surface area contributed by atoms with Crippen molar-refractivity contribution < 1.29 is 18.0 Å². The largest absolute Gasteiger partial charge is 0.321 e. The lowest BCUT2D eigenvalue weighted by Crippen LogP contribution is -2.40. The van der Waals surface area contributed by atoms with Crippen LogP contribution in [-0.2, 0) is 19.6 Å². The maximum atomic E-state index is 12.4. The standard InChI is InChI=1S/C16H22N4O4S/c1-16(2,3)19-25(23,24)12-7-5-6-11(10-12)17-15(22)13-8-9-14(21)20(4)18-13/h5-7,10,19H,8-9H2,1-4H3,(H,17,22). The van der Waals surface area contributed by atoms with Gasteiger partial charge in [-0.25, -0.2) is 18.1 Å². The molecular weight excluding hydrogens is 344 g/mol. The molecule has 0 radical (unpaired) electrons. The minimum absolute atomic E-state index is 0.0538. The average molecular weight is 366 g/mol. The number of carbonyl (C=O) groups excluding carboxylic acids is 2. The Morgan fingerprint density at radius 1 is 1.24 bits per heavy atom. The fraction of sp³-hybridized carbons (Fsp3) is 0.438. The second-order valence-corrected chi connectivity index (χ2v) is 8.48. The highest BCUT2D eigenvalue weighted by atomic mass is 32.2. The number of rotatable bonds is 4. The zero-order valence-corrected chi connectivity index (χ0v) is 15.5. The summed E-state index contributed by atoms with van der Waals surface area (Å²) in [6.07, 6.45) is 0.464. The quantitative estimate of drug-likeness (QED) is 0.837. The highest BCUT2D eigenvalue weighted by Gasteiger charge is 2.24. The Morgan fingerprint density at radius 2 is 1.92 bits per heavy atom. The number of carbonyl (C=O) groups is 2. The molecule has 1 aliphatic rings. The summed E-state index contributed by atoms with van der Waals surface area (Å²) in [6.45, 7) is 5.24. The van der Waals surface area contributed by atoms with Gasteiger partial charge in [0, 0.05) is 31.1 Å². The predicted molar refractivity (Wildman–Crippen MR) is 94.6 cm³/mol. The molecule has 0 spiro atoms. The zero-order chi connectivity index (χ0) is 18.8. The summed E-state index contributed by atoms with van der Waals surface area (Å²) in [4.78, 5) is 23.7. The molecule has 0 bridgehead atoms. The van der Waals surface area contributed by atoms with Gasteiger partial charge in [-0.1, -0.05) is 6.07 Å². The van der Waals surface area contributed by atoms with E-state index in [0.717, 1.165) is 5.01 Å². The monoisotopic (exact) mass is 366 g/mol. The van der Waals surface area contributed by atoms with E-state index in [9.17, 15) is 18.0 Å². The van der Waals surface area contributed by atoms with Crippen LogP contribution in [0.1, 0.15) is 33.6 Å². The summed E-state index contributed by atoms with van der Waals surface area (Å²) in [7, 11) is -2.22. The first-order valence-corrected chi connectivity index (χ1v) is 9.26. The molecule has 25 heavy (non-hydrogen) atoms. The lowest BCUT2D eigenvalue weighted by Gasteiger charge is -2.21. The molecule has 1 aromatic carbocycles. The molecule has 2 amide bonds. The maximum absolute atomic E-state index is 12.4. The molecule has 0 aromatic heterocycles. The molecule has 8 nitrogen and oxygen atoms in total. The van der Waals surface area contributed by atoms with Gasteiger partial charge >= 0.3 is 0 Å². The van der Waals surface area contributed by atoms with E-state index in [-0.39, 0.29) is 29.4 Å². The molecule has 1 aliphatic heterocycles. The number of nitrogens with zero attached hydrogens (tertiary/aromatic N) is 2. The van der Waals surface area contributed by atoms with Crippen LogP contribution in [0.4, 0.5) is 5.69 Å². The van der Waals surface area contributed by atoms with Crippen molar-refractivity contribution >= 4 is 33.2 Å². The first-order chi connectivity index (χ1) is 11.5. The van der Waals surface area contributed by atoms with Gasteiger partial charge in [0.2, 0.25) is 15.9 Å². The van der Waals surface area contributed by atoms with Crippen molar-refractivity contribution in [2.24, 2.45) is 5.10 Å². The number of hydrazone groups is 1. The summed E-state index contributed by atoms with van der Waals surface area (Å²) < 4.78 is 27.3. The van der Waals surface area contributed by atoms with Gasteiger partial charge in [0.05, 0.1) is 4.90 Å². The van der Waals surface area contributed by atoms with Crippen LogP contribution in [0, 0.1) is 0 Å². The lowest BCUT2D eigenvalue weighted by atomic mass is 10.1. The minimum Gasteiger partial charge on any atom is -0.321 e. The van der Waals surface area contributed by atoms with Crippen LogP contribution >= 0.6 is 0 Å². The first-order valence-electron chi connectivity index (χ1n) is 7.77. The van der Waals surface area contributed by atoms with E-state index in [4.69, 9.17) is 0 Å². The molecule has 136 valence electrons. The second kappa shape index (κ2) is 6.93. The van der Waals surface area contributed by atoms with Gasteiger partial charge in [0.15, 0.2) is 0 Å². The molecule has 0 fully saturated rings. The molecule has 9 heteroatoms. The lowest BCUT2D eigenvalue weighted by molar-refractivity contribution is -0.130. The molecule has 0 saturated heterocycles. The highest BCUT2D eigenvalue weighted by molar-refractivity contribution is 7.89. The van der Waals surface area contributed by atoms with Gasteiger partial charge < -0.3 is 5.32 Å². The Labute approximate surface area is 147 Å². The predicted octanol–water partition coefficient (Wildman–Crippen LogP) is 1.31. The van der Waals surface area contributed by atoms with Gasteiger partial charge in [0.25, 0.3) is 5.91 Å². The van der Waals surface area contributed by atoms with Crippen LogP contribution in [0.15, 0.2) is 34.3 Å². The number of benzene rings is 1. The topological polar surface area (TPSA) is 108 Å². The molecule has 1 aromatic rings. The Morgan fingerprint density at radius 3 is 2.52 bits per heavy atom. The first kappa shape index (κ1) is 19.1. The van der Waals surface area contributed by atoms with Crippen LogP contribution in [0.5, 0.6) is 0 Å². The van der Waals surface area contributed by atoms with Crippen LogP contribution in [0.2, 0.25) is 0 Å². The van der Waals surface area contributed by atoms with Gasteiger partial charge in [-0.05, 0) is 39.0 Å². The Bertz CT molecular complexity index is 825. The number of hydrogen-bond acceptors (Lipinski definition) is 5. The van der Waals surface area contributed by atoms with E-state index in [1.807, 2.05) is 0 Å². The van der Waals surface area contributed by atoms with Crippen molar-refractivity contribution in [3.05, 3.63) is 24.3 Å². The van der Waals surface area contributed by atoms with Crippen molar-refractivity contribution in [2.45, 2.75) is 44.0 Å². The molecule has 0 aliphatic carbocycles. The van der Waals surface area contributed by atoms with E-state index < -0.39 is 21.5 Å². The Balaban J connectivity index is 2.18. The van der Waals surface area contributed by atoms with E-state index in [0.29, 0.717) is 5.69 Å². The number of hydrogen-bond donors (Lipinski definition) is 2. The van der Waals surface area contributed by atoms with Crippen molar-refractivity contribution in [2.75, 3.05) is 12.4 Å². The summed E-state index contributed by atoms with van der Waals surface area (Å²) in [5.41, 5.74) is -0.0568. The summed E-state index contributed by atoms with van der Waals surface area (Å²) >= 11 is 0. The van der Waals surface area contributed by atoms with E-state index in [1.165, 1.54) is 19.2 Å². The molecule has 2 rings (SSSR count). The van der Waals surface area contributed by atoms with Gasteiger partial charge in [-0.15, -0.1) is 0 Å². The summed E-state index contributed by atoms with van der Waals surface area (Å²) in [5.74, 6) is -0.615. The summed E-state index contributed by atoms with van der Waals surface area (Å²) in [6, 6.07) is 5.97.